The first kappa shape index (κ1) is 7.90. The summed E-state index contributed by atoms with van der Waals surface area (Å²) in [7, 11) is 2.18. The van der Waals surface area contributed by atoms with Crippen molar-refractivity contribution in [3.05, 3.63) is 23.0 Å². The SMILES string of the molecule is Cc1cn(C)c2c1CCCCC2. The number of nitrogens with zero attached hydrogens (tertiary/aromatic N) is 1. The molecule has 1 aromatic heterocycles. The van der Waals surface area contributed by atoms with Crippen molar-refractivity contribution < 1.29 is 0 Å². The van der Waals surface area contributed by atoms with Crippen molar-refractivity contribution >= 4 is 0 Å². The van der Waals surface area contributed by atoms with Gasteiger partial charge in [-0.15, -0.1) is 0 Å². The molecule has 66 valence electrons. The van der Waals surface area contributed by atoms with Gasteiger partial charge in [-0.25, -0.2) is 0 Å². The molecule has 1 nitrogen and oxygen atoms in total. The van der Waals surface area contributed by atoms with Gasteiger partial charge in [0.25, 0.3) is 0 Å². The molecule has 1 heteroatoms. The number of hydrogen-bond donors (Lipinski definition) is 0. The number of fused-ring (bicyclic) bond motifs is 1. The van der Waals surface area contributed by atoms with Crippen LogP contribution in [0.25, 0.3) is 0 Å². The Bertz CT molecular complexity index is 257. The summed E-state index contributed by atoms with van der Waals surface area (Å²) in [6, 6.07) is 0. The van der Waals surface area contributed by atoms with Crippen LogP contribution in [0.1, 0.15) is 36.1 Å². The third-order valence-corrected chi connectivity index (χ3v) is 2.98. The van der Waals surface area contributed by atoms with Crippen LogP contribution in [0.2, 0.25) is 0 Å². The molecule has 0 spiro atoms. The van der Waals surface area contributed by atoms with Crippen molar-refractivity contribution in [2.45, 2.75) is 39.0 Å². The Balaban J connectivity index is 2.44. The third kappa shape index (κ3) is 1.17. The lowest BCUT2D eigenvalue weighted by Crippen LogP contribution is -1.96. The molecule has 12 heavy (non-hydrogen) atoms. The maximum atomic E-state index is 2.32. The molecule has 0 saturated carbocycles. The summed E-state index contributed by atoms with van der Waals surface area (Å²) in [4.78, 5) is 0. The molecule has 0 amide bonds. The molecular weight excluding hydrogens is 146 g/mol. The molecule has 1 aliphatic carbocycles. The fourth-order valence-electron chi connectivity index (χ4n) is 2.33. The summed E-state index contributed by atoms with van der Waals surface area (Å²) in [6.07, 6.45) is 9.05. The zero-order chi connectivity index (χ0) is 8.55. The largest absolute Gasteiger partial charge is 0.354 e. The molecule has 0 atom stereocenters. The van der Waals surface area contributed by atoms with Gasteiger partial charge < -0.3 is 4.57 Å². The maximum Gasteiger partial charge on any atom is 0.0206 e. The second kappa shape index (κ2) is 2.96. The van der Waals surface area contributed by atoms with Crippen molar-refractivity contribution in [2.75, 3.05) is 0 Å². The minimum Gasteiger partial charge on any atom is -0.354 e. The Labute approximate surface area is 74.4 Å². The summed E-state index contributed by atoms with van der Waals surface area (Å²) >= 11 is 0. The molecule has 1 aromatic rings. The van der Waals surface area contributed by atoms with E-state index in [1.165, 1.54) is 37.7 Å². The van der Waals surface area contributed by atoms with E-state index in [0.29, 0.717) is 0 Å². The Kier molecular flexibility index (Phi) is 1.95. The highest BCUT2D eigenvalue weighted by atomic mass is 14.9. The smallest absolute Gasteiger partial charge is 0.0206 e. The van der Waals surface area contributed by atoms with Crippen molar-refractivity contribution in [3.8, 4) is 0 Å². The van der Waals surface area contributed by atoms with Gasteiger partial charge in [0, 0.05) is 18.9 Å². The highest BCUT2D eigenvalue weighted by Gasteiger charge is 2.13. The molecule has 0 aromatic carbocycles. The van der Waals surface area contributed by atoms with E-state index in [-0.39, 0.29) is 0 Å². The van der Waals surface area contributed by atoms with Gasteiger partial charge in [-0.1, -0.05) is 6.42 Å². The monoisotopic (exact) mass is 163 g/mol. The van der Waals surface area contributed by atoms with E-state index in [0.717, 1.165) is 0 Å². The Morgan fingerprint density at radius 3 is 2.75 bits per heavy atom. The summed E-state index contributed by atoms with van der Waals surface area (Å²) in [5, 5.41) is 0. The van der Waals surface area contributed by atoms with E-state index in [9.17, 15) is 0 Å². The van der Waals surface area contributed by atoms with Crippen LogP contribution < -0.4 is 0 Å². The molecule has 1 heterocycles. The van der Waals surface area contributed by atoms with Crippen LogP contribution >= 0.6 is 0 Å². The van der Waals surface area contributed by atoms with Crippen LogP contribution in [0.4, 0.5) is 0 Å². The molecule has 0 unspecified atom stereocenters. The van der Waals surface area contributed by atoms with Crippen molar-refractivity contribution in [2.24, 2.45) is 7.05 Å². The van der Waals surface area contributed by atoms with Gasteiger partial charge in [-0.3, -0.25) is 0 Å². The van der Waals surface area contributed by atoms with Gasteiger partial charge >= 0.3 is 0 Å². The normalized spacial score (nSPS) is 17.2. The first-order valence-electron chi connectivity index (χ1n) is 4.92. The van der Waals surface area contributed by atoms with E-state index in [1.807, 2.05) is 0 Å². The van der Waals surface area contributed by atoms with Gasteiger partial charge in [0.05, 0.1) is 0 Å². The highest BCUT2D eigenvalue weighted by Crippen LogP contribution is 2.24. The fraction of sp³-hybridized carbons (Fsp3) is 0.636. The van der Waals surface area contributed by atoms with Crippen LogP contribution in [0, 0.1) is 6.92 Å². The van der Waals surface area contributed by atoms with Gasteiger partial charge in [0.1, 0.15) is 0 Å². The van der Waals surface area contributed by atoms with Crippen molar-refractivity contribution in [1.82, 2.24) is 4.57 Å². The molecule has 2 rings (SSSR count). The molecule has 1 aliphatic rings. The molecular formula is C11H17N. The molecule has 0 aliphatic heterocycles. The Morgan fingerprint density at radius 1 is 1.17 bits per heavy atom. The zero-order valence-corrected chi connectivity index (χ0v) is 8.06. The van der Waals surface area contributed by atoms with E-state index in [1.54, 1.807) is 11.3 Å². The van der Waals surface area contributed by atoms with Gasteiger partial charge in [-0.2, -0.15) is 0 Å². The predicted octanol–water partition coefficient (Wildman–Crippen LogP) is 2.60. The minimum atomic E-state index is 1.29. The van der Waals surface area contributed by atoms with E-state index < -0.39 is 0 Å². The molecule has 0 fully saturated rings. The fourth-order valence-corrected chi connectivity index (χ4v) is 2.33. The number of aryl methyl sites for hydroxylation is 2. The maximum absolute atomic E-state index is 2.32. The lowest BCUT2D eigenvalue weighted by atomic mass is 10.1. The summed E-state index contributed by atoms with van der Waals surface area (Å²) < 4.78 is 2.32. The van der Waals surface area contributed by atoms with Crippen LogP contribution in [-0.2, 0) is 19.9 Å². The van der Waals surface area contributed by atoms with Gasteiger partial charge in [-0.05, 0) is 43.7 Å². The first-order valence-corrected chi connectivity index (χ1v) is 4.92. The Hall–Kier alpha value is -0.720. The van der Waals surface area contributed by atoms with E-state index in [2.05, 4.69) is 24.7 Å². The average Bonchev–Trinajstić information content (AvgIpc) is 2.29. The van der Waals surface area contributed by atoms with E-state index >= 15 is 0 Å². The quantitative estimate of drug-likeness (QED) is 0.518. The summed E-state index contributed by atoms with van der Waals surface area (Å²) in [5.41, 5.74) is 4.72. The first-order chi connectivity index (χ1) is 5.79. The van der Waals surface area contributed by atoms with Crippen LogP contribution in [-0.4, -0.2) is 4.57 Å². The average molecular weight is 163 g/mol. The van der Waals surface area contributed by atoms with E-state index in [4.69, 9.17) is 0 Å². The van der Waals surface area contributed by atoms with Gasteiger partial charge in [0.15, 0.2) is 0 Å². The number of hydrogen-bond acceptors (Lipinski definition) is 0. The topological polar surface area (TPSA) is 4.93 Å². The molecule has 0 N–H and O–H groups in total. The predicted molar refractivity (Wildman–Crippen MR) is 51.4 cm³/mol. The van der Waals surface area contributed by atoms with Crippen molar-refractivity contribution in [1.29, 1.82) is 0 Å². The highest BCUT2D eigenvalue weighted by molar-refractivity contribution is 5.32. The summed E-state index contributed by atoms with van der Waals surface area (Å²) in [5.74, 6) is 0. The lowest BCUT2D eigenvalue weighted by Gasteiger charge is -2.02. The second-order valence-corrected chi connectivity index (χ2v) is 3.91. The third-order valence-electron chi connectivity index (χ3n) is 2.98. The Morgan fingerprint density at radius 2 is 1.92 bits per heavy atom. The standard InChI is InChI=1S/C11H17N/c1-9-8-12(2)11-7-5-3-4-6-10(9)11/h8H,3-7H2,1-2H3. The van der Waals surface area contributed by atoms with Gasteiger partial charge in [0.2, 0.25) is 0 Å². The lowest BCUT2D eigenvalue weighted by molar-refractivity contribution is 0.693. The molecule has 0 saturated heterocycles. The van der Waals surface area contributed by atoms with Crippen LogP contribution in [0.3, 0.4) is 0 Å². The second-order valence-electron chi connectivity index (χ2n) is 3.91. The number of rotatable bonds is 0. The minimum absolute atomic E-state index is 1.29. The molecule has 0 bridgehead atoms. The van der Waals surface area contributed by atoms with Crippen LogP contribution in [0.5, 0.6) is 0 Å². The summed E-state index contributed by atoms with van der Waals surface area (Å²) in [6.45, 7) is 2.24. The molecule has 0 radical (unpaired) electrons. The zero-order valence-electron chi connectivity index (χ0n) is 8.06. The van der Waals surface area contributed by atoms with Crippen LogP contribution in [0.15, 0.2) is 6.20 Å². The number of aromatic nitrogens is 1. The van der Waals surface area contributed by atoms with Crippen molar-refractivity contribution in [3.63, 3.8) is 0 Å².